The highest BCUT2D eigenvalue weighted by Crippen LogP contribution is 2.22. The number of hydrogen-bond donors (Lipinski definition) is 3. The zero-order chi connectivity index (χ0) is 21.2. The van der Waals surface area contributed by atoms with Crippen molar-refractivity contribution in [3.05, 3.63) is 58.1 Å². The molecule has 29 heavy (non-hydrogen) atoms. The SMILES string of the molecule is COC(=O)c1cc(Cl)ccc1NC(=O)CCCCNC(=O)Nc1ccc(Cl)cc1. The van der Waals surface area contributed by atoms with Gasteiger partial charge in [-0.05, 0) is 55.3 Å². The number of unbranched alkanes of at least 4 members (excludes halogenated alkanes) is 1. The lowest BCUT2D eigenvalue weighted by Crippen LogP contribution is -2.29. The molecule has 0 aliphatic rings. The predicted octanol–water partition coefficient (Wildman–Crippen LogP) is 4.71. The fraction of sp³-hybridized carbons (Fsp3) is 0.250. The number of anilines is 2. The first-order chi connectivity index (χ1) is 13.9. The van der Waals surface area contributed by atoms with E-state index in [1.54, 1.807) is 36.4 Å². The van der Waals surface area contributed by atoms with Crippen molar-refractivity contribution in [3.63, 3.8) is 0 Å². The van der Waals surface area contributed by atoms with Gasteiger partial charge in [-0.15, -0.1) is 0 Å². The standard InChI is InChI=1S/C20H21Cl2N3O4/c1-29-19(27)16-12-14(22)7-10-17(16)25-18(26)4-2-3-11-23-20(28)24-15-8-5-13(21)6-9-15/h5-10,12H,2-4,11H2,1H3,(H,25,26)(H2,23,24,28). The highest BCUT2D eigenvalue weighted by Gasteiger charge is 2.14. The van der Waals surface area contributed by atoms with Gasteiger partial charge in [-0.25, -0.2) is 9.59 Å². The quantitative estimate of drug-likeness (QED) is 0.411. The number of rotatable bonds is 8. The molecule has 9 heteroatoms. The summed E-state index contributed by atoms with van der Waals surface area (Å²) < 4.78 is 4.70. The number of hydrogen-bond acceptors (Lipinski definition) is 4. The fourth-order valence-corrected chi connectivity index (χ4v) is 2.74. The molecule has 0 unspecified atom stereocenters. The van der Waals surface area contributed by atoms with Crippen LogP contribution in [0.2, 0.25) is 10.0 Å². The van der Waals surface area contributed by atoms with Gasteiger partial charge >= 0.3 is 12.0 Å². The Bertz CT molecular complexity index is 873. The zero-order valence-corrected chi connectivity index (χ0v) is 17.3. The Balaban J connectivity index is 1.70. The van der Waals surface area contributed by atoms with Crippen molar-refractivity contribution in [3.8, 4) is 0 Å². The summed E-state index contributed by atoms with van der Waals surface area (Å²) >= 11 is 11.7. The number of nitrogens with one attached hydrogen (secondary N) is 3. The molecule has 0 fully saturated rings. The van der Waals surface area contributed by atoms with Crippen molar-refractivity contribution in [2.75, 3.05) is 24.3 Å². The van der Waals surface area contributed by atoms with Crippen molar-refractivity contribution in [2.45, 2.75) is 19.3 Å². The number of amides is 3. The molecule has 3 amide bonds. The van der Waals surface area contributed by atoms with E-state index in [1.165, 1.54) is 13.2 Å². The smallest absolute Gasteiger partial charge is 0.340 e. The number of carbonyl (C=O) groups excluding carboxylic acids is 3. The molecule has 7 nitrogen and oxygen atoms in total. The zero-order valence-electron chi connectivity index (χ0n) is 15.8. The number of carbonyl (C=O) groups is 3. The summed E-state index contributed by atoms with van der Waals surface area (Å²) in [5.41, 5.74) is 1.16. The highest BCUT2D eigenvalue weighted by molar-refractivity contribution is 6.31. The van der Waals surface area contributed by atoms with E-state index in [2.05, 4.69) is 16.0 Å². The minimum atomic E-state index is -0.585. The van der Waals surface area contributed by atoms with Gasteiger partial charge in [-0.1, -0.05) is 23.2 Å². The minimum Gasteiger partial charge on any atom is -0.465 e. The molecule has 0 aromatic heterocycles. The molecular weight excluding hydrogens is 417 g/mol. The van der Waals surface area contributed by atoms with Crippen LogP contribution in [0.3, 0.4) is 0 Å². The maximum atomic E-state index is 12.1. The molecule has 0 saturated heterocycles. The van der Waals surface area contributed by atoms with Crippen LogP contribution in [0, 0.1) is 0 Å². The van der Waals surface area contributed by atoms with Crippen LogP contribution in [-0.4, -0.2) is 31.6 Å². The summed E-state index contributed by atoms with van der Waals surface area (Å²) in [6, 6.07) is 11.0. The molecule has 0 heterocycles. The number of methoxy groups -OCH3 is 1. The minimum absolute atomic E-state index is 0.189. The van der Waals surface area contributed by atoms with Crippen molar-refractivity contribution in [1.29, 1.82) is 0 Å². The molecular formula is C20H21Cl2N3O4. The number of urea groups is 1. The summed E-state index contributed by atoms with van der Waals surface area (Å²) in [4.78, 5) is 35.7. The van der Waals surface area contributed by atoms with Gasteiger partial charge < -0.3 is 20.7 Å². The third-order valence-electron chi connectivity index (χ3n) is 3.88. The van der Waals surface area contributed by atoms with E-state index in [9.17, 15) is 14.4 Å². The number of ether oxygens (including phenoxy) is 1. The van der Waals surface area contributed by atoms with Crippen LogP contribution in [0.4, 0.5) is 16.2 Å². The second-order valence-corrected chi connectivity index (χ2v) is 6.95. The van der Waals surface area contributed by atoms with E-state index in [4.69, 9.17) is 27.9 Å². The first-order valence-electron chi connectivity index (χ1n) is 8.87. The lowest BCUT2D eigenvalue weighted by Gasteiger charge is -2.10. The third-order valence-corrected chi connectivity index (χ3v) is 4.37. The summed E-state index contributed by atoms with van der Waals surface area (Å²) in [6.45, 7) is 0.418. The van der Waals surface area contributed by atoms with Crippen molar-refractivity contribution < 1.29 is 19.1 Å². The second-order valence-electron chi connectivity index (χ2n) is 6.07. The maximum Gasteiger partial charge on any atom is 0.340 e. The van der Waals surface area contributed by atoms with Gasteiger partial charge in [-0.3, -0.25) is 4.79 Å². The molecule has 0 radical (unpaired) electrons. The van der Waals surface area contributed by atoms with E-state index in [0.29, 0.717) is 40.8 Å². The van der Waals surface area contributed by atoms with Gasteiger partial charge in [0.1, 0.15) is 0 Å². The number of halogens is 2. The van der Waals surface area contributed by atoms with Gasteiger partial charge in [0, 0.05) is 28.7 Å². The topological polar surface area (TPSA) is 96.5 Å². The van der Waals surface area contributed by atoms with Gasteiger partial charge in [-0.2, -0.15) is 0 Å². The van der Waals surface area contributed by atoms with E-state index in [1.807, 2.05) is 0 Å². The summed E-state index contributed by atoms with van der Waals surface area (Å²) in [6.07, 6.45) is 1.42. The van der Waals surface area contributed by atoms with Gasteiger partial charge in [0.05, 0.1) is 18.4 Å². The van der Waals surface area contributed by atoms with Crippen LogP contribution < -0.4 is 16.0 Å². The monoisotopic (exact) mass is 437 g/mol. The molecule has 2 aromatic carbocycles. The molecule has 154 valence electrons. The number of benzene rings is 2. The van der Waals surface area contributed by atoms with Crippen molar-refractivity contribution in [1.82, 2.24) is 5.32 Å². The van der Waals surface area contributed by atoms with Crippen LogP contribution in [0.5, 0.6) is 0 Å². The lowest BCUT2D eigenvalue weighted by atomic mass is 10.1. The van der Waals surface area contributed by atoms with E-state index in [-0.39, 0.29) is 23.9 Å². The van der Waals surface area contributed by atoms with Gasteiger partial charge in [0.2, 0.25) is 5.91 Å². The summed E-state index contributed by atoms with van der Waals surface area (Å²) in [7, 11) is 1.25. The largest absolute Gasteiger partial charge is 0.465 e. The van der Waals surface area contributed by atoms with E-state index in [0.717, 1.165) is 0 Å². The Kier molecular flexibility index (Phi) is 8.76. The first kappa shape index (κ1) is 22.5. The average Bonchev–Trinajstić information content (AvgIpc) is 2.70. The molecule has 0 atom stereocenters. The van der Waals surface area contributed by atoms with Crippen LogP contribution in [-0.2, 0) is 9.53 Å². The molecule has 0 saturated carbocycles. The predicted molar refractivity (Wildman–Crippen MR) is 114 cm³/mol. The lowest BCUT2D eigenvalue weighted by molar-refractivity contribution is -0.116. The van der Waals surface area contributed by atoms with Gasteiger partial charge in [0.15, 0.2) is 0 Å². The normalized spacial score (nSPS) is 10.2. The Morgan fingerprint density at radius 3 is 2.31 bits per heavy atom. The third kappa shape index (κ3) is 7.63. The van der Waals surface area contributed by atoms with Crippen molar-refractivity contribution >= 4 is 52.5 Å². The number of esters is 1. The molecule has 3 N–H and O–H groups in total. The Morgan fingerprint density at radius 1 is 0.931 bits per heavy atom. The van der Waals surface area contributed by atoms with Crippen LogP contribution in [0.1, 0.15) is 29.6 Å². The average molecular weight is 438 g/mol. The van der Waals surface area contributed by atoms with Gasteiger partial charge in [0.25, 0.3) is 0 Å². The summed E-state index contributed by atoms with van der Waals surface area (Å²) in [5.74, 6) is -0.832. The van der Waals surface area contributed by atoms with Crippen LogP contribution >= 0.6 is 23.2 Å². The Labute approximate surface area is 178 Å². The maximum absolute atomic E-state index is 12.1. The molecule has 0 aliphatic carbocycles. The van der Waals surface area contributed by atoms with Crippen LogP contribution in [0.15, 0.2) is 42.5 Å². The first-order valence-corrected chi connectivity index (χ1v) is 9.63. The Hall–Kier alpha value is -2.77. The second kappa shape index (κ2) is 11.3. The highest BCUT2D eigenvalue weighted by atomic mass is 35.5. The Morgan fingerprint density at radius 2 is 1.62 bits per heavy atom. The molecule has 0 bridgehead atoms. The molecule has 2 aromatic rings. The van der Waals surface area contributed by atoms with Crippen molar-refractivity contribution in [2.24, 2.45) is 0 Å². The molecule has 0 aliphatic heterocycles. The molecule has 0 spiro atoms. The molecule has 2 rings (SSSR count). The fourth-order valence-electron chi connectivity index (χ4n) is 2.44. The van der Waals surface area contributed by atoms with E-state index < -0.39 is 5.97 Å². The van der Waals surface area contributed by atoms with E-state index >= 15 is 0 Å². The van der Waals surface area contributed by atoms with Crippen LogP contribution in [0.25, 0.3) is 0 Å². The summed E-state index contributed by atoms with van der Waals surface area (Å²) in [5, 5.41) is 9.04.